The molecule has 2 rings (SSSR count). The van der Waals surface area contributed by atoms with E-state index in [1.807, 2.05) is 43.3 Å². The van der Waals surface area contributed by atoms with Crippen LogP contribution in [-0.2, 0) is 11.3 Å². The molecule has 0 atom stereocenters. The molecule has 0 unspecified atom stereocenters. The van der Waals surface area contributed by atoms with Gasteiger partial charge in [0.15, 0.2) is 0 Å². The van der Waals surface area contributed by atoms with Crippen LogP contribution >= 0.6 is 0 Å². The van der Waals surface area contributed by atoms with Gasteiger partial charge < -0.3 is 19.5 Å². The van der Waals surface area contributed by atoms with Gasteiger partial charge in [-0.1, -0.05) is 56.9 Å². The molecule has 0 amide bonds. The molecular formula is C24H35NO3. The van der Waals surface area contributed by atoms with Crippen molar-refractivity contribution in [2.45, 2.75) is 52.5 Å². The van der Waals surface area contributed by atoms with E-state index < -0.39 is 0 Å². The molecule has 0 heterocycles. The average molecular weight is 386 g/mol. The summed E-state index contributed by atoms with van der Waals surface area (Å²) >= 11 is 0. The number of unbranched alkanes of at least 4 members (excludes halogenated alkanes) is 4. The predicted molar refractivity (Wildman–Crippen MR) is 116 cm³/mol. The number of hydrogen-bond acceptors (Lipinski definition) is 4. The van der Waals surface area contributed by atoms with Gasteiger partial charge in [-0.3, -0.25) is 0 Å². The van der Waals surface area contributed by atoms with Crippen LogP contribution in [0.1, 0.15) is 51.5 Å². The minimum absolute atomic E-state index is 0.553. The van der Waals surface area contributed by atoms with Crippen molar-refractivity contribution in [3.63, 3.8) is 0 Å². The number of nitrogens with one attached hydrogen (secondary N) is 1. The fraction of sp³-hybridized carbons (Fsp3) is 0.500. The number of anilines is 1. The molecule has 0 bridgehead atoms. The Balaban J connectivity index is 1.74. The normalized spacial score (nSPS) is 10.6. The molecule has 0 saturated carbocycles. The fourth-order valence-corrected chi connectivity index (χ4v) is 2.89. The molecule has 0 aliphatic carbocycles. The van der Waals surface area contributed by atoms with E-state index >= 15 is 0 Å². The summed E-state index contributed by atoms with van der Waals surface area (Å²) in [5.74, 6) is 1.80. The highest BCUT2D eigenvalue weighted by molar-refractivity contribution is 5.56. The summed E-state index contributed by atoms with van der Waals surface area (Å²) in [6.45, 7) is 7.63. The second kappa shape index (κ2) is 13.9. The summed E-state index contributed by atoms with van der Waals surface area (Å²) in [5.41, 5.74) is 2.20. The molecule has 154 valence electrons. The molecule has 0 radical (unpaired) electrons. The molecule has 0 aliphatic rings. The zero-order valence-electron chi connectivity index (χ0n) is 17.4. The van der Waals surface area contributed by atoms with E-state index in [2.05, 4.69) is 24.4 Å². The number of hydrogen-bond donors (Lipinski definition) is 1. The maximum absolute atomic E-state index is 5.83. The second-order valence-electron chi connectivity index (χ2n) is 6.80. The minimum Gasteiger partial charge on any atom is -0.494 e. The van der Waals surface area contributed by atoms with Crippen molar-refractivity contribution in [3.8, 4) is 11.5 Å². The topological polar surface area (TPSA) is 39.7 Å². The van der Waals surface area contributed by atoms with Crippen LogP contribution in [0.3, 0.4) is 0 Å². The van der Waals surface area contributed by atoms with E-state index in [0.29, 0.717) is 19.8 Å². The van der Waals surface area contributed by atoms with Gasteiger partial charge in [0, 0.05) is 13.2 Å². The Hall–Kier alpha value is -2.20. The molecule has 0 spiro atoms. The highest BCUT2D eigenvalue weighted by Crippen LogP contribution is 2.24. The van der Waals surface area contributed by atoms with Crippen LogP contribution in [0.5, 0.6) is 11.5 Å². The highest BCUT2D eigenvalue weighted by Gasteiger charge is 2.03. The lowest BCUT2D eigenvalue weighted by Gasteiger charge is -2.13. The zero-order valence-corrected chi connectivity index (χ0v) is 17.4. The Morgan fingerprint density at radius 3 is 2.32 bits per heavy atom. The molecule has 28 heavy (non-hydrogen) atoms. The van der Waals surface area contributed by atoms with E-state index in [-0.39, 0.29) is 0 Å². The van der Waals surface area contributed by atoms with Crippen molar-refractivity contribution in [2.24, 2.45) is 0 Å². The van der Waals surface area contributed by atoms with Gasteiger partial charge in [-0.15, -0.1) is 0 Å². The summed E-state index contributed by atoms with van der Waals surface area (Å²) in [6, 6.07) is 16.3. The molecular weight excluding hydrogens is 350 g/mol. The van der Waals surface area contributed by atoms with E-state index in [9.17, 15) is 0 Å². The zero-order chi connectivity index (χ0) is 19.9. The lowest BCUT2D eigenvalue weighted by atomic mass is 10.2. The van der Waals surface area contributed by atoms with Crippen molar-refractivity contribution < 1.29 is 14.2 Å². The van der Waals surface area contributed by atoms with Crippen LogP contribution in [0.25, 0.3) is 0 Å². The van der Waals surface area contributed by atoms with Gasteiger partial charge >= 0.3 is 0 Å². The molecule has 2 aromatic carbocycles. The first-order valence-corrected chi connectivity index (χ1v) is 10.6. The van der Waals surface area contributed by atoms with Crippen molar-refractivity contribution in [1.82, 2.24) is 0 Å². The molecule has 0 saturated heterocycles. The largest absolute Gasteiger partial charge is 0.494 e. The molecule has 0 aliphatic heterocycles. The lowest BCUT2D eigenvalue weighted by molar-refractivity contribution is 0.110. The van der Waals surface area contributed by atoms with Gasteiger partial charge in [-0.25, -0.2) is 0 Å². The van der Waals surface area contributed by atoms with Crippen molar-refractivity contribution in [2.75, 3.05) is 31.7 Å². The quantitative estimate of drug-likeness (QED) is 0.378. The molecule has 4 nitrogen and oxygen atoms in total. The first kappa shape index (κ1) is 22.1. The SMILES string of the molecule is CCCCCCCOc1ccc(CNc2ccccc2OCCOCC)cc1. The molecule has 4 heteroatoms. The first-order valence-electron chi connectivity index (χ1n) is 10.6. The molecule has 2 aromatic rings. The maximum atomic E-state index is 5.83. The van der Waals surface area contributed by atoms with Crippen LogP contribution in [-0.4, -0.2) is 26.4 Å². The number of para-hydroxylation sites is 2. The van der Waals surface area contributed by atoms with E-state index in [4.69, 9.17) is 14.2 Å². The van der Waals surface area contributed by atoms with Gasteiger partial charge in [-0.2, -0.15) is 0 Å². The summed E-state index contributed by atoms with van der Waals surface area (Å²) in [7, 11) is 0. The van der Waals surface area contributed by atoms with E-state index in [1.54, 1.807) is 0 Å². The van der Waals surface area contributed by atoms with Gasteiger partial charge in [0.25, 0.3) is 0 Å². The van der Waals surface area contributed by atoms with Crippen molar-refractivity contribution in [1.29, 1.82) is 0 Å². The maximum Gasteiger partial charge on any atom is 0.142 e. The van der Waals surface area contributed by atoms with Crippen LogP contribution < -0.4 is 14.8 Å². The van der Waals surface area contributed by atoms with Crippen molar-refractivity contribution >= 4 is 5.69 Å². The number of benzene rings is 2. The third-order valence-corrected chi connectivity index (χ3v) is 4.50. The summed E-state index contributed by atoms with van der Waals surface area (Å²) < 4.78 is 17.0. The smallest absolute Gasteiger partial charge is 0.142 e. The van der Waals surface area contributed by atoms with Crippen LogP contribution in [0, 0.1) is 0 Å². The van der Waals surface area contributed by atoms with Crippen molar-refractivity contribution in [3.05, 3.63) is 54.1 Å². The number of ether oxygens (including phenoxy) is 3. The first-order chi connectivity index (χ1) is 13.8. The lowest BCUT2D eigenvalue weighted by Crippen LogP contribution is -2.08. The molecule has 0 fully saturated rings. The third kappa shape index (κ3) is 8.66. The van der Waals surface area contributed by atoms with E-state index in [0.717, 1.165) is 36.8 Å². The van der Waals surface area contributed by atoms with Gasteiger partial charge in [0.1, 0.15) is 18.1 Å². The van der Waals surface area contributed by atoms with Gasteiger partial charge in [0.05, 0.1) is 18.9 Å². The Kier molecular flexibility index (Phi) is 11.0. The highest BCUT2D eigenvalue weighted by atomic mass is 16.5. The third-order valence-electron chi connectivity index (χ3n) is 4.50. The monoisotopic (exact) mass is 385 g/mol. The Morgan fingerprint density at radius 1 is 0.750 bits per heavy atom. The van der Waals surface area contributed by atoms with Gasteiger partial charge in [-0.05, 0) is 43.2 Å². The van der Waals surface area contributed by atoms with Gasteiger partial charge in [0.2, 0.25) is 0 Å². The molecule has 1 N–H and O–H groups in total. The Labute approximate surface area is 170 Å². The fourth-order valence-electron chi connectivity index (χ4n) is 2.89. The summed E-state index contributed by atoms with van der Waals surface area (Å²) in [6.07, 6.45) is 6.29. The minimum atomic E-state index is 0.553. The van der Waals surface area contributed by atoms with Crippen LogP contribution in [0.4, 0.5) is 5.69 Å². The summed E-state index contributed by atoms with van der Waals surface area (Å²) in [4.78, 5) is 0. The summed E-state index contributed by atoms with van der Waals surface area (Å²) in [5, 5.41) is 3.46. The number of rotatable bonds is 15. The van der Waals surface area contributed by atoms with Crippen LogP contribution in [0.15, 0.2) is 48.5 Å². The predicted octanol–water partition coefficient (Wildman–Crippen LogP) is 6.06. The average Bonchev–Trinajstić information content (AvgIpc) is 2.74. The van der Waals surface area contributed by atoms with E-state index in [1.165, 1.54) is 31.2 Å². The molecule has 0 aromatic heterocycles. The Morgan fingerprint density at radius 2 is 1.54 bits per heavy atom. The Bertz CT molecular complexity index is 643. The standard InChI is InChI=1S/C24H35NO3/c1-3-5-6-7-10-17-27-22-15-13-21(14-16-22)20-25-23-11-8-9-12-24(23)28-19-18-26-4-2/h8-9,11-16,25H,3-7,10,17-20H2,1-2H3. The van der Waals surface area contributed by atoms with Crippen LogP contribution in [0.2, 0.25) is 0 Å². The second-order valence-corrected chi connectivity index (χ2v) is 6.80.